The van der Waals surface area contributed by atoms with E-state index in [2.05, 4.69) is 5.32 Å². The minimum atomic E-state index is -1.30. The normalized spacial score (nSPS) is 21.0. The predicted octanol–water partition coefficient (Wildman–Crippen LogP) is 2.46. The molecule has 0 spiro atoms. The summed E-state index contributed by atoms with van der Waals surface area (Å²) >= 11 is 0. The van der Waals surface area contributed by atoms with Gasteiger partial charge in [0.1, 0.15) is 25.9 Å². The Kier molecular flexibility index (Phi) is 8.17. The number of benzene rings is 2. The lowest BCUT2D eigenvalue weighted by atomic mass is 10.0. The van der Waals surface area contributed by atoms with E-state index in [4.69, 9.17) is 18.9 Å². The maximum absolute atomic E-state index is 12.6. The van der Waals surface area contributed by atoms with Crippen LogP contribution in [-0.2, 0) is 41.8 Å². The third kappa shape index (κ3) is 6.15. The zero-order valence-corrected chi connectivity index (χ0v) is 18.9. The first-order valence-electron chi connectivity index (χ1n) is 11.5. The number of rotatable bonds is 10. The lowest BCUT2D eigenvalue weighted by molar-refractivity contribution is -0.158. The van der Waals surface area contributed by atoms with Crippen molar-refractivity contribution in [2.24, 2.45) is 5.92 Å². The molecule has 2 aromatic carbocycles. The van der Waals surface area contributed by atoms with Gasteiger partial charge in [-0.05, 0) is 30.5 Å². The average Bonchev–Trinajstić information content (AvgIpc) is 3.21. The molecule has 2 heterocycles. The van der Waals surface area contributed by atoms with Crippen LogP contribution in [0.15, 0.2) is 72.2 Å². The molecule has 0 saturated carbocycles. The van der Waals surface area contributed by atoms with Gasteiger partial charge in [-0.25, -0.2) is 4.79 Å². The number of esters is 2. The second-order valence-corrected chi connectivity index (χ2v) is 8.31. The number of ether oxygens (including phenoxy) is 4. The van der Waals surface area contributed by atoms with Crippen LogP contribution in [0.1, 0.15) is 24.0 Å². The molecule has 8 heteroatoms. The molecule has 0 radical (unpaired) electrons. The van der Waals surface area contributed by atoms with Crippen molar-refractivity contribution in [3.8, 4) is 0 Å². The van der Waals surface area contributed by atoms with E-state index in [0.29, 0.717) is 6.54 Å². The fourth-order valence-electron chi connectivity index (χ4n) is 3.87. The van der Waals surface area contributed by atoms with Crippen LogP contribution in [0.2, 0.25) is 0 Å². The summed E-state index contributed by atoms with van der Waals surface area (Å²) in [6.07, 6.45) is -0.805. The Balaban J connectivity index is 1.45. The second kappa shape index (κ2) is 11.7. The van der Waals surface area contributed by atoms with Crippen molar-refractivity contribution in [2.75, 3.05) is 19.7 Å². The van der Waals surface area contributed by atoms with E-state index in [1.54, 1.807) is 0 Å². The topological polar surface area (TPSA) is 103 Å². The molecule has 4 rings (SSSR count). The van der Waals surface area contributed by atoms with Gasteiger partial charge in [0.2, 0.25) is 5.76 Å². The molecule has 0 bridgehead atoms. The van der Waals surface area contributed by atoms with Crippen LogP contribution >= 0.6 is 0 Å². The van der Waals surface area contributed by atoms with Gasteiger partial charge in [-0.1, -0.05) is 60.7 Å². The van der Waals surface area contributed by atoms with Crippen molar-refractivity contribution in [2.45, 2.75) is 38.3 Å². The fourth-order valence-corrected chi connectivity index (χ4v) is 3.87. The molecule has 1 fully saturated rings. The Morgan fingerprint density at radius 2 is 1.68 bits per heavy atom. The number of carbonyl (C=O) groups excluding carboxylic acids is 2. The molecule has 1 unspecified atom stereocenters. The first-order chi connectivity index (χ1) is 16.6. The molecule has 180 valence electrons. The highest BCUT2D eigenvalue weighted by atomic mass is 16.6. The van der Waals surface area contributed by atoms with Crippen molar-refractivity contribution in [3.63, 3.8) is 0 Å². The highest BCUT2D eigenvalue weighted by molar-refractivity contribution is 5.89. The van der Waals surface area contributed by atoms with Gasteiger partial charge in [0.05, 0.1) is 5.92 Å². The number of aliphatic hydroxyl groups is 1. The van der Waals surface area contributed by atoms with Gasteiger partial charge in [0, 0.05) is 6.54 Å². The standard InChI is InChI=1S/C26H29NO7/c28-21(17-33-25(29)20-12-7-13-27-14-20)22-23(31-15-18-8-3-1-4-9-18)24(26(30)34-22)32-16-19-10-5-2-6-11-19/h1-6,8-11,20-22,27-28H,7,12-17H2/t20?,21-,22-/m1/s1. The van der Waals surface area contributed by atoms with Gasteiger partial charge < -0.3 is 29.4 Å². The molecule has 1 saturated heterocycles. The van der Waals surface area contributed by atoms with Crippen LogP contribution in [-0.4, -0.2) is 48.9 Å². The Bertz CT molecular complexity index is 987. The smallest absolute Gasteiger partial charge is 0.378 e. The second-order valence-electron chi connectivity index (χ2n) is 8.31. The highest BCUT2D eigenvalue weighted by Crippen LogP contribution is 2.29. The van der Waals surface area contributed by atoms with E-state index in [1.165, 1.54) is 0 Å². The largest absolute Gasteiger partial charge is 0.485 e. The molecular formula is C26H29NO7. The maximum Gasteiger partial charge on any atom is 0.378 e. The van der Waals surface area contributed by atoms with Crippen LogP contribution < -0.4 is 5.32 Å². The van der Waals surface area contributed by atoms with E-state index >= 15 is 0 Å². The van der Waals surface area contributed by atoms with Crippen molar-refractivity contribution < 1.29 is 33.6 Å². The van der Waals surface area contributed by atoms with Crippen LogP contribution in [0.4, 0.5) is 0 Å². The summed E-state index contributed by atoms with van der Waals surface area (Å²) in [5, 5.41) is 13.9. The molecular weight excluding hydrogens is 438 g/mol. The Hall–Kier alpha value is -3.36. The monoisotopic (exact) mass is 467 g/mol. The lowest BCUT2D eigenvalue weighted by Crippen LogP contribution is -2.38. The lowest BCUT2D eigenvalue weighted by Gasteiger charge is -2.23. The third-order valence-electron chi connectivity index (χ3n) is 5.74. The molecule has 2 aliphatic rings. The summed E-state index contributed by atoms with van der Waals surface area (Å²) in [5.74, 6) is -1.36. The molecule has 0 aliphatic carbocycles. The van der Waals surface area contributed by atoms with Crippen molar-refractivity contribution in [3.05, 3.63) is 83.3 Å². The number of piperidine rings is 1. The van der Waals surface area contributed by atoms with E-state index in [9.17, 15) is 14.7 Å². The predicted molar refractivity (Wildman–Crippen MR) is 122 cm³/mol. The van der Waals surface area contributed by atoms with Gasteiger partial charge in [-0.3, -0.25) is 4.79 Å². The Morgan fingerprint density at radius 3 is 2.29 bits per heavy atom. The van der Waals surface area contributed by atoms with E-state index in [1.807, 2.05) is 60.7 Å². The van der Waals surface area contributed by atoms with E-state index in [0.717, 1.165) is 30.5 Å². The summed E-state index contributed by atoms with van der Waals surface area (Å²) in [6.45, 7) is 1.40. The number of hydrogen-bond donors (Lipinski definition) is 2. The van der Waals surface area contributed by atoms with Crippen LogP contribution in [0.5, 0.6) is 0 Å². The maximum atomic E-state index is 12.6. The molecule has 2 N–H and O–H groups in total. The third-order valence-corrected chi connectivity index (χ3v) is 5.74. The number of hydrogen-bond acceptors (Lipinski definition) is 8. The van der Waals surface area contributed by atoms with Crippen LogP contribution in [0.25, 0.3) is 0 Å². The highest BCUT2D eigenvalue weighted by Gasteiger charge is 2.42. The number of carbonyl (C=O) groups is 2. The molecule has 8 nitrogen and oxygen atoms in total. The van der Waals surface area contributed by atoms with E-state index < -0.39 is 18.2 Å². The van der Waals surface area contributed by atoms with Crippen LogP contribution in [0, 0.1) is 5.92 Å². The van der Waals surface area contributed by atoms with Gasteiger partial charge in [0.25, 0.3) is 0 Å². The minimum Gasteiger partial charge on any atom is -0.485 e. The number of aliphatic hydroxyl groups excluding tert-OH is 1. The van der Waals surface area contributed by atoms with Gasteiger partial charge in [-0.2, -0.15) is 0 Å². The van der Waals surface area contributed by atoms with Gasteiger partial charge in [0.15, 0.2) is 11.9 Å². The van der Waals surface area contributed by atoms with Crippen molar-refractivity contribution >= 4 is 11.9 Å². The van der Waals surface area contributed by atoms with Crippen molar-refractivity contribution in [1.82, 2.24) is 5.32 Å². The Morgan fingerprint density at radius 1 is 1.03 bits per heavy atom. The summed E-state index contributed by atoms with van der Waals surface area (Å²) in [4.78, 5) is 25.0. The Labute approximate surface area is 198 Å². The summed E-state index contributed by atoms with van der Waals surface area (Å²) in [7, 11) is 0. The average molecular weight is 468 g/mol. The summed E-state index contributed by atoms with van der Waals surface area (Å²) in [6, 6.07) is 18.8. The molecule has 34 heavy (non-hydrogen) atoms. The number of nitrogens with one attached hydrogen (secondary N) is 1. The van der Waals surface area contributed by atoms with E-state index in [-0.39, 0.29) is 43.2 Å². The molecule has 2 aromatic rings. The molecule has 3 atom stereocenters. The summed E-state index contributed by atoms with van der Waals surface area (Å²) < 4.78 is 22.4. The molecule has 0 aromatic heterocycles. The number of cyclic esters (lactones) is 1. The molecule has 0 amide bonds. The van der Waals surface area contributed by atoms with Gasteiger partial charge in [-0.15, -0.1) is 0 Å². The fraction of sp³-hybridized carbons (Fsp3) is 0.385. The van der Waals surface area contributed by atoms with Crippen LogP contribution in [0.3, 0.4) is 0 Å². The molecule has 2 aliphatic heterocycles. The summed E-state index contributed by atoms with van der Waals surface area (Å²) in [5.41, 5.74) is 1.74. The van der Waals surface area contributed by atoms with Gasteiger partial charge >= 0.3 is 11.9 Å². The first kappa shape index (κ1) is 23.8. The SMILES string of the molecule is O=C1O[C@H]([C@H](O)COC(=O)C2CCCNC2)C(OCc2ccccc2)=C1OCc1ccccc1. The van der Waals surface area contributed by atoms with Crippen molar-refractivity contribution in [1.29, 1.82) is 0 Å². The minimum absolute atomic E-state index is 0.0904. The zero-order chi connectivity index (χ0) is 23.8. The quantitative estimate of drug-likeness (QED) is 0.514. The first-order valence-corrected chi connectivity index (χ1v) is 11.5. The zero-order valence-electron chi connectivity index (χ0n) is 18.9.